The van der Waals surface area contributed by atoms with Crippen LogP contribution in [0.25, 0.3) is 33.3 Å². The van der Waals surface area contributed by atoms with Gasteiger partial charge >= 0.3 is 6.55 Å². The number of nitrogens with one attached hydrogen (secondary N) is 1. The molecule has 0 fully saturated rings. The number of carbonyl (C=O) groups is 1. The van der Waals surface area contributed by atoms with E-state index in [2.05, 4.69) is 20.1 Å². The first-order chi connectivity index (χ1) is 22.1. The molecule has 0 aliphatic carbocycles. The smallest absolute Gasteiger partial charge is 0.333 e. The number of pyridine rings is 3. The van der Waals surface area contributed by atoms with Gasteiger partial charge in [-0.05, 0) is 48.4 Å². The number of aryl methyl sites for hydroxylation is 1. The predicted molar refractivity (Wildman–Crippen MR) is 160 cm³/mol. The lowest BCUT2D eigenvalue weighted by molar-refractivity contribution is 0.0566. The summed E-state index contributed by atoms with van der Waals surface area (Å²) in [6.45, 7) is -1.15. The lowest BCUT2D eigenvalue weighted by Crippen LogP contribution is -2.20. The molecular formula is C33H23F4N5O4. The molecule has 232 valence electrons. The summed E-state index contributed by atoms with van der Waals surface area (Å²) in [5.41, 5.74) is 2.11. The number of hydrogen-bond donors (Lipinski definition) is 1. The second-order valence-corrected chi connectivity index (χ2v) is 10.2. The van der Waals surface area contributed by atoms with Crippen molar-refractivity contribution in [3.8, 4) is 39.6 Å². The van der Waals surface area contributed by atoms with Gasteiger partial charge in [-0.2, -0.15) is 13.9 Å². The molecule has 0 spiro atoms. The van der Waals surface area contributed by atoms with Crippen LogP contribution in [0.3, 0.4) is 0 Å². The molecule has 13 heteroatoms. The Labute approximate surface area is 258 Å². The van der Waals surface area contributed by atoms with Crippen LogP contribution in [0.5, 0.6) is 17.4 Å². The molecular weight excluding hydrogens is 606 g/mol. The molecule has 0 saturated carbocycles. The molecule has 0 saturated heterocycles. The van der Waals surface area contributed by atoms with Crippen LogP contribution in [0.15, 0.2) is 84.2 Å². The van der Waals surface area contributed by atoms with Gasteiger partial charge in [-0.25, -0.2) is 18.4 Å². The van der Waals surface area contributed by atoms with Crippen molar-refractivity contribution in [2.45, 2.75) is 19.9 Å². The average Bonchev–Trinajstić information content (AvgIpc) is 3.54. The zero-order valence-corrected chi connectivity index (χ0v) is 24.2. The number of carbonyl (C=O) groups excluding carboxylic acids is 1. The van der Waals surface area contributed by atoms with Gasteiger partial charge in [-0.1, -0.05) is 18.2 Å². The van der Waals surface area contributed by atoms with E-state index in [0.29, 0.717) is 38.1 Å². The third kappa shape index (κ3) is 5.82. The maximum absolute atomic E-state index is 15.3. The number of Topliss-reactive ketones (excluding diaryl/α,β-unsaturated/α-hetero) is 1. The fourth-order valence-corrected chi connectivity index (χ4v) is 4.99. The highest BCUT2D eigenvalue weighted by atomic mass is 19.3. The Hall–Kier alpha value is -5.85. The molecule has 0 bridgehead atoms. The number of nitrogens with zero attached hydrogens (tertiary/aromatic N) is 4. The van der Waals surface area contributed by atoms with E-state index in [4.69, 9.17) is 9.47 Å². The number of benzene rings is 2. The first-order valence-electron chi connectivity index (χ1n) is 13.8. The third-order valence-electron chi connectivity index (χ3n) is 7.24. The van der Waals surface area contributed by atoms with Gasteiger partial charge < -0.3 is 14.5 Å². The van der Waals surface area contributed by atoms with Gasteiger partial charge in [0.2, 0.25) is 5.88 Å². The first-order valence-corrected chi connectivity index (χ1v) is 13.8. The number of fused-ring (bicyclic) bond motifs is 1. The SMILES string of the molecule is COc1nc2c(Oc3ccc(CC(=O)c4c[nH]c(C)c(-c5ccc(F)cc5)c4=O)cc3F)ccnc2cc1-c1cnn(C(F)F)c1. The molecule has 0 aliphatic heterocycles. The number of hydrogen-bond acceptors (Lipinski definition) is 7. The van der Waals surface area contributed by atoms with Crippen LogP contribution in [0, 0.1) is 18.6 Å². The van der Waals surface area contributed by atoms with E-state index in [0.717, 1.165) is 12.3 Å². The molecule has 6 rings (SSSR count). The van der Waals surface area contributed by atoms with Crippen molar-refractivity contribution >= 4 is 16.8 Å². The Morgan fingerprint density at radius 2 is 1.80 bits per heavy atom. The van der Waals surface area contributed by atoms with Crippen LogP contribution in [0.1, 0.15) is 28.2 Å². The molecule has 2 aromatic carbocycles. The number of H-pyrrole nitrogens is 1. The van der Waals surface area contributed by atoms with Crippen molar-refractivity contribution in [1.29, 1.82) is 0 Å². The number of aromatic nitrogens is 5. The van der Waals surface area contributed by atoms with Crippen LogP contribution >= 0.6 is 0 Å². The van der Waals surface area contributed by atoms with Crippen molar-refractivity contribution in [1.82, 2.24) is 24.7 Å². The summed E-state index contributed by atoms with van der Waals surface area (Å²) in [7, 11) is 1.36. The van der Waals surface area contributed by atoms with E-state index in [1.54, 1.807) is 13.0 Å². The number of halogens is 4. The van der Waals surface area contributed by atoms with Crippen LogP contribution < -0.4 is 14.9 Å². The normalized spacial score (nSPS) is 11.3. The van der Waals surface area contributed by atoms with Crippen molar-refractivity contribution in [2.75, 3.05) is 7.11 Å². The maximum atomic E-state index is 15.3. The highest BCUT2D eigenvalue weighted by Gasteiger charge is 2.20. The lowest BCUT2D eigenvalue weighted by Gasteiger charge is -2.12. The monoisotopic (exact) mass is 629 g/mol. The van der Waals surface area contributed by atoms with E-state index < -0.39 is 29.4 Å². The second-order valence-electron chi connectivity index (χ2n) is 10.2. The average molecular weight is 630 g/mol. The summed E-state index contributed by atoms with van der Waals surface area (Å²) in [4.78, 5) is 38.0. The number of ketones is 1. The lowest BCUT2D eigenvalue weighted by atomic mass is 9.98. The van der Waals surface area contributed by atoms with E-state index >= 15 is 4.39 Å². The molecule has 1 N–H and O–H groups in total. The molecule has 6 aromatic rings. The Kier molecular flexibility index (Phi) is 8.05. The van der Waals surface area contributed by atoms with E-state index in [9.17, 15) is 22.8 Å². The van der Waals surface area contributed by atoms with E-state index in [1.807, 2.05) is 0 Å². The minimum absolute atomic E-state index is 0.0853. The van der Waals surface area contributed by atoms with Gasteiger partial charge in [0.15, 0.2) is 28.5 Å². The number of methoxy groups -OCH3 is 1. The molecule has 0 amide bonds. The quantitative estimate of drug-likeness (QED) is 0.135. The summed E-state index contributed by atoms with van der Waals surface area (Å²) in [5, 5.41) is 3.65. The minimum Gasteiger partial charge on any atom is -0.481 e. The Balaban J connectivity index is 1.25. The molecule has 4 aromatic heterocycles. The maximum Gasteiger partial charge on any atom is 0.333 e. The highest BCUT2D eigenvalue weighted by molar-refractivity contribution is 5.98. The number of aromatic amines is 1. The predicted octanol–water partition coefficient (Wildman–Crippen LogP) is 7.06. The largest absolute Gasteiger partial charge is 0.481 e. The van der Waals surface area contributed by atoms with Crippen LogP contribution in [-0.4, -0.2) is 37.6 Å². The van der Waals surface area contributed by atoms with Gasteiger partial charge in [0.1, 0.15) is 11.3 Å². The summed E-state index contributed by atoms with van der Waals surface area (Å²) in [6.07, 6.45) is 4.86. The fourth-order valence-electron chi connectivity index (χ4n) is 4.99. The number of ether oxygens (including phenoxy) is 2. The van der Waals surface area contributed by atoms with E-state index in [1.165, 1.54) is 68.2 Å². The summed E-state index contributed by atoms with van der Waals surface area (Å²) in [6, 6.07) is 12.4. The van der Waals surface area contributed by atoms with Gasteiger partial charge in [0, 0.05) is 53.5 Å². The molecule has 4 heterocycles. The highest BCUT2D eigenvalue weighted by Crippen LogP contribution is 2.36. The van der Waals surface area contributed by atoms with Gasteiger partial charge in [0.25, 0.3) is 0 Å². The second kappa shape index (κ2) is 12.3. The number of rotatable bonds is 9. The number of alkyl halides is 2. The Morgan fingerprint density at radius 3 is 2.50 bits per heavy atom. The van der Waals surface area contributed by atoms with Crippen molar-refractivity contribution in [2.24, 2.45) is 0 Å². The van der Waals surface area contributed by atoms with E-state index in [-0.39, 0.29) is 40.4 Å². The van der Waals surface area contributed by atoms with Crippen LogP contribution in [0.4, 0.5) is 17.6 Å². The topological polar surface area (TPSA) is 112 Å². The summed E-state index contributed by atoms with van der Waals surface area (Å²) < 4.78 is 66.5. The van der Waals surface area contributed by atoms with Crippen LogP contribution in [0.2, 0.25) is 0 Å². The third-order valence-corrected chi connectivity index (χ3v) is 7.24. The molecule has 0 aliphatic rings. The zero-order valence-electron chi connectivity index (χ0n) is 24.2. The Bertz CT molecular complexity index is 2160. The molecule has 0 atom stereocenters. The first kappa shape index (κ1) is 30.2. The fraction of sp³-hybridized carbons (Fsp3) is 0.121. The summed E-state index contributed by atoms with van der Waals surface area (Å²) >= 11 is 0. The van der Waals surface area contributed by atoms with Gasteiger partial charge in [-0.3, -0.25) is 14.6 Å². The molecule has 46 heavy (non-hydrogen) atoms. The Morgan fingerprint density at radius 1 is 1.02 bits per heavy atom. The summed E-state index contributed by atoms with van der Waals surface area (Å²) in [5.74, 6) is -1.71. The van der Waals surface area contributed by atoms with Crippen molar-refractivity contribution < 1.29 is 31.8 Å². The van der Waals surface area contributed by atoms with Crippen molar-refractivity contribution in [3.05, 3.63) is 118 Å². The van der Waals surface area contributed by atoms with Crippen LogP contribution in [-0.2, 0) is 6.42 Å². The molecule has 9 nitrogen and oxygen atoms in total. The van der Waals surface area contributed by atoms with Gasteiger partial charge in [-0.15, -0.1) is 0 Å². The zero-order chi connectivity index (χ0) is 32.5. The molecule has 0 unspecified atom stereocenters. The molecule has 0 radical (unpaired) electrons. The standard InChI is InChI=1S/C33H23F4N5O4/c1-17-29(19-4-6-21(34)7-5-19)31(44)23(15-39-17)26(43)12-18-3-8-27(24(35)11-18)46-28-9-10-38-25-13-22(32(45-2)41-30(25)28)20-14-40-42(16-20)33(36)37/h3-11,13-16,33H,12H2,1-2H3,(H,39,44). The van der Waals surface area contributed by atoms with Gasteiger partial charge in [0.05, 0.1) is 24.4 Å². The minimum atomic E-state index is -2.82. The van der Waals surface area contributed by atoms with Crippen molar-refractivity contribution in [3.63, 3.8) is 0 Å².